The lowest BCUT2D eigenvalue weighted by molar-refractivity contribution is -0.0350. The van der Waals surface area contributed by atoms with Crippen molar-refractivity contribution in [1.29, 1.82) is 0 Å². The smallest absolute Gasteiger partial charge is 0.178 e. The molecule has 4 aliphatic carbocycles. The van der Waals surface area contributed by atoms with Crippen LogP contribution in [0, 0.1) is 23.2 Å². The highest BCUT2D eigenvalue weighted by atomic mass is 32.1. The van der Waals surface area contributed by atoms with Gasteiger partial charge in [-0.05, 0) is 73.3 Å². The van der Waals surface area contributed by atoms with Crippen LogP contribution in [0.1, 0.15) is 53.8 Å². The average molecular weight is 275 g/mol. The minimum Gasteiger partial charge on any atom is -0.326 e. The van der Waals surface area contributed by atoms with Gasteiger partial charge in [-0.3, -0.25) is 4.79 Å². The zero-order valence-electron chi connectivity index (χ0n) is 11.2. The largest absolute Gasteiger partial charge is 0.326 e. The van der Waals surface area contributed by atoms with Crippen molar-refractivity contribution in [2.45, 2.75) is 45.1 Å². The Morgan fingerprint density at radius 3 is 2.26 bits per heavy atom. The van der Waals surface area contributed by atoms with Crippen LogP contribution in [0.5, 0.6) is 0 Å². The van der Waals surface area contributed by atoms with Gasteiger partial charge in [-0.15, -0.1) is 11.3 Å². The van der Waals surface area contributed by atoms with Crippen molar-refractivity contribution < 1.29 is 4.79 Å². The van der Waals surface area contributed by atoms with Crippen LogP contribution in [-0.2, 0) is 6.54 Å². The van der Waals surface area contributed by atoms with Crippen LogP contribution >= 0.6 is 11.3 Å². The van der Waals surface area contributed by atoms with Crippen molar-refractivity contribution in [1.82, 2.24) is 0 Å². The summed E-state index contributed by atoms with van der Waals surface area (Å²) in [6.45, 7) is 0.546. The third kappa shape index (κ3) is 1.82. The van der Waals surface area contributed by atoms with Gasteiger partial charge in [0.05, 0.1) is 4.88 Å². The number of hydrogen-bond acceptors (Lipinski definition) is 3. The Bertz CT molecular complexity index is 483. The van der Waals surface area contributed by atoms with E-state index in [0.29, 0.717) is 12.3 Å². The molecule has 4 aliphatic rings. The van der Waals surface area contributed by atoms with Crippen molar-refractivity contribution >= 4 is 17.1 Å². The van der Waals surface area contributed by atoms with Gasteiger partial charge in [-0.1, -0.05) is 0 Å². The standard InChI is InChI=1S/C16H21NOS/c17-8-13-4-14(19-9-13)15(18)16-5-10-1-11(6-16)3-12(2-10)7-16/h4,9-12H,1-3,5-8,17H2. The fraction of sp³-hybridized carbons (Fsp3) is 0.688. The van der Waals surface area contributed by atoms with Gasteiger partial charge >= 0.3 is 0 Å². The number of ketones is 1. The molecule has 4 bridgehead atoms. The lowest BCUT2D eigenvalue weighted by atomic mass is 9.48. The summed E-state index contributed by atoms with van der Waals surface area (Å²) in [5, 5.41) is 2.05. The van der Waals surface area contributed by atoms with Crippen molar-refractivity contribution in [3.05, 3.63) is 21.9 Å². The maximum Gasteiger partial charge on any atom is 0.178 e. The fourth-order valence-electron chi connectivity index (χ4n) is 5.25. The Balaban J connectivity index is 1.66. The second-order valence-electron chi connectivity index (χ2n) is 7.05. The van der Waals surface area contributed by atoms with Crippen molar-refractivity contribution in [3.63, 3.8) is 0 Å². The summed E-state index contributed by atoms with van der Waals surface area (Å²) >= 11 is 1.60. The van der Waals surface area contributed by atoms with E-state index in [-0.39, 0.29) is 5.41 Å². The minimum absolute atomic E-state index is 0.00543. The van der Waals surface area contributed by atoms with Crippen LogP contribution in [0.3, 0.4) is 0 Å². The Morgan fingerprint density at radius 1 is 1.21 bits per heavy atom. The monoisotopic (exact) mass is 275 g/mol. The van der Waals surface area contributed by atoms with E-state index in [0.717, 1.165) is 47.5 Å². The molecule has 1 aromatic heterocycles. The Labute approximate surface area is 118 Å². The molecule has 4 saturated carbocycles. The average Bonchev–Trinajstić information content (AvgIpc) is 2.84. The quantitative estimate of drug-likeness (QED) is 0.856. The summed E-state index contributed by atoms with van der Waals surface area (Å²) in [5.41, 5.74) is 6.78. The number of carbonyl (C=O) groups excluding carboxylic acids is 1. The molecule has 0 saturated heterocycles. The van der Waals surface area contributed by atoms with Gasteiger partial charge in [0, 0.05) is 12.0 Å². The first kappa shape index (κ1) is 12.1. The van der Waals surface area contributed by atoms with Gasteiger partial charge in [0.25, 0.3) is 0 Å². The number of hydrogen-bond donors (Lipinski definition) is 1. The first-order chi connectivity index (χ1) is 9.18. The molecule has 19 heavy (non-hydrogen) atoms. The number of nitrogens with two attached hydrogens (primary N) is 1. The molecule has 0 aromatic carbocycles. The molecule has 2 N–H and O–H groups in total. The predicted molar refractivity (Wildman–Crippen MR) is 77.1 cm³/mol. The van der Waals surface area contributed by atoms with Gasteiger partial charge in [-0.2, -0.15) is 0 Å². The van der Waals surface area contributed by atoms with Crippen LogP contribution in [0.25, 0.3) is 0 Å². The third-order valence-electron chi connectivity index (χ3n) is 5.63. The molecule has 102 valence electrons. The van der Waals surface area contributed by atoms with Gasteiger partial charge in [0.2, 0.25) is 0 Å². The SMILES string of the molecule is NCc1csc(C(=O)C23CC4CC(CC(C4)C2)C3)c1. The van der Waals surface area contributed by atoms with E-state index in [1.165, 1.54) is 19.3 Å². The molecule has 0 aliphatic heterocycles. The topological polar surface area (TPSA) is 43.1 Å². The first-order valence-electron chi connectivity index (χ1n) is 7.51. The summed E-state index contributed by atoms with van der Waals surface area (Å²) in [5.74, 6) is 2.95. The molecule has 0 atom stereocenters. The highest BCUT2D eigenvalue weighted by Crippen LogP contribution is 2.61. The Kier molecular flexibility index (Phi) is 2.65. The van der Waals surface area contributed by atoms with Gasteiger partial charge < -0.3 is 5.73 Å². The molecule has 1 heterocycles. The van der Waals surface area contributed by atoms with Crippen LogP contribution in [0.15, 0.2) is 11.4 Å². The first-order valence-corrected chi connectivity index (χ1v) is 8.39. The Hall–Kier alpha value is -0.670. The molecule has 3 heteroatoms. The highest BCUT2D eigenvalue weighted by Gasteiger charge is 2.54. The van der Waals surface area contributed by atoms with E-state index in [1.807, 2.05) is 11.4 Å². The van der Waals surface area contributed by atoms with E-state index < -0.39 is 0 Å². The summed E-state index contributed by atoms with van der Waals surface area (Å²) in [7, 11) is 0. The van der Waals surface area contributed by atoms with E-state index in [9.17, 15) is 4.79 Å². The van der Waals surface area contributed by atoms with Crippen molar-refractivity contribution in [2.75, 3.05) is 0 Å². The van der Waals surface area contributed by atoms with Crippen molar-refractivity contribution in [3.8, 4) is 0 Å². The molecule has 0 amide bonds. The van der Waals surface area contributed by atoms with E-state index in [4.69, 9.17) is 5.73 Å². The minimum atomic E-state index is 0.00543. The van der Waals surface area contributed by atoms with Crippen LogP contribution in [-0.4, -0.2) is 5.78 Å². The van der Waals surface area contributed by atoms with E-state index in [2.05, 4.69) is 0 Å². The van der Waals surface area contributed by atoms with Crippen molar-refractivity contribution in [2.24, 2.45) is 28.9 Å². The zero-order chi connectivity index (χ0) is 13.0. The van der Waals surface area contributed by atoms with E-state index in [1.54, 1.807) is 11.3 Å². The van der Waals surface area contributed by atoms with Gasteiger partial charge in [-0.25, -0.2) is 0 Å². The van der Waals surface area contributed by atoms with E-state index >= 15 is 0 Å². The third-order valence-corrected chi connectivity index (χ3v) is 6.61. The molecule has 0 spiro atoms. The summed E-state index contributed by atoms with van der Waals surface area (Å²) in [6.07, 6.45) is 7.66. The molecule has 4 fully saturated rings. The number of thiophene rings is 1. The lowest BCUT2D eigenvalue weighted by Crippen LogP contribution is -2.49. The molecule has 1 aromatic rings. The Morgan fingerprint density at radius 2 is 1.79 bits per heavy atom. The second-order valence-corrected chi connectivity index (χ2v) is 7.96. The molecule has 2 nitrogen and oxygen atoms in total. The van der Waals surface area contributed by atoms with Crippen LogP contribution in [0.4, 0.5) is 0 Å². The number of Topliss-reactive ketones (excluding diaryl/α,β-unsaturated/α-hetero) is 1. The second kappa shape index (κ2) is 4.16. The molecular weight excluding hydrogens is 254 g/mol. The number of rotatable bonds is 3. The maximum absolute atomic E-state index is 13.0. The highest BCUT2D eigenvalue weighted by molar-refractivity contribution is 7.12. The summed E-state index contributed by atoms with van der Waals surface area (Å²) in [6, 6.07) is 2.03. The van der Waals surface area contributed by atoms with Crippen LogP contribution < -0.4 is 5.73 Å². The fourth-order valence-corrected chi connectivity index (χ4v) is 6.24. The predicted octanol–water partition coefficient (Wildman–Crippen LogP) is 3.61. The summed E-state index contributed by atoms with van der Waals surface area (Å²) in [4.78, 5) is 14.0. The molecule has 0 radical (unpaired) electrons. The zero-order valence-corrected chi connectivity index (χ0v) is 12.0. The van der Waals surface area contributed by atoms with Gasteiger partial charge in [0.15, 0.2) is 5.78 Å². The molecule has 0 unspecified atom stereocenters. The number of carbonyl (C=O) groups is 1. The molecular formula is C16H21NOS. The normalized spacial score (nSPS) is 39.7. The van der Waals surface area contributed by atoms with Crippen LogP contribution in [0.2, 0.25) is 0 Å². The van der Waals surface area contributed by atoms with Gasteiger partial charge in [0.1, 0.15) is 0 Å². The summed E-state index contributed by atoms with van der Waals surface area (Å²) < 4.78 is 0. The molecule has 5 rings (SSSR count). The lowest BCUT2D eigenvalue weighted by Gasteiger charge is -2.55. The maximum atomic E-state index is 13.0.